The SMILES string of the molecule is CCC1(CNc2snc3ccccc23)CC1. The van der Waals surface area contributed by atoms with Crippen LogP contribution in [0.2, 0.25) is 0 Å². The Hall–Kier alpha value is -1.09. The second-order valence-corrected chi connectivity index (χ2v) is 5.51. The molecule has 0 radical (unpaired) electrons. The molecule has 3 heteroatoms. The van der Waals surface area contributed by atoms with Crippen LogP contribution in [0.3, 0.4) is 0 Å². The van der Waals surface area contributed by atoms with Crippen molar-refractivity contribution in [1.82, 2.24) is 4.37 Å². The fourth-order valence-corrected chi connectivity index (χ4v) is 2.87. The van der Waals surface area contributed by atoms with Crippen LogP contribution in [0, 0.1) is 5.41 Å². The van der Waals surface area contributed by atoms with Gasteiger partial charge in [0.25, 0.3) is 0 Å². The first-order chi connectivity index (χ1) is 7.83. The third kappa shape index (κ3) is 1.69. The molecule has 1 aliphatic carbocycles. The molecule has 0 spiro atoms. The molecule has 16 heavy (non-hydrogen) atoms. The molecule has 1 aromatic heterocycles. The van der Waals surface area contributed by atoms with Crippen molar-refractivity contribution in [3.05, 3.63) is 24.3 Å². The van der Waals surface area contributed by atoms with E-state index in [2.05, 4.69) is 34.8 Å². The van der Waals surface area contributed by atoms with Gasteiger partial charge in [-0.25, -0.2) is 0 Å². The van der Waals surface area contributed by atoms with Crippen LogP contribution in [0.25, 0.3) is 10.9 Å². The second-order valence-electron chi connectivity index (χ2n) is 4.74. The van der Waals surface area contributed by atoms with Gasteiger partial charge in [-0.05, 0) is 48.3 Å². The van der Waals surface area contributed by atoms with Gasteiger partial charge < -0.3 is 5.32 Å². The Bertz CT molecular complexity index is 499. The monoisotopic (exact) mass is 232 g/mol. The smallest absolute Gasteiger partial charge is 0.117 e. The Labute approximate surface area is 99.8 Å². The van der Waals surface area contributed by atoms with Crippen molar-refractivity contribution in [2.45, 2.75) is 26.2 Å². The lowest BCUT2D eigenvalue weighted by molar-refractivity contribution is 0.522. The molecule has 0 unspecified atom stereocenters. The first kappa shape index (κ1) is 10.1. The third-order valence-corrected chi connectivity index (χ3v) is 4.55. The maximum atomic E-state index is 4.44. The average Bonchev–Trinajstić information content (AvgIpc) is 3.01. The number of rotatable bonds is 4. The number of nitrogens with one attached hydrogen (secondary N) is 1. The van der Waals surface area contributed by atoms with E-state index in [1.807, 2.05) is 6.07 Å². The van der Waals surface area contributed by atoms with Crippen molar-refractivity contribution >= 4 is 27.4 Å². The Morgan fingerprint density at radius 2 is 2.19 bits per heavy atom. The summed E-state index contributed by atoms with van der Waals surface area (Å²) in [6.07, 6.45) is 4.05. The molecule has 1 N–H and O–H groups in total. The molecule has 0 amide bonds. The molecule has 2 nitrogen and oxygen atoms in total. The highest BCUT2D eigenvalue weighted by atomic mass is 32.1. The number of anilines is 1. The van der Waals surface area contributed by atoms with Crippen molar-refractivity contribution in [2.24, 2.45) is 5.41 Å². The van der Waals surface area contributed by atoms with E-state index in [4.69, 9.17) is 0 Å². The quantitative estimate of drug-likeness (QED) is 0.864. The molecule has 1 fully saturated rings. The molecular formula is C13H16N2S. The lowest BCUT2D eigenvalue weighted by Crippen LogP contribution is -2.13. The van der Waals surface area contributed by atoms with Crippen LogP contribution in [0.5, 0.6) is 0 Å². The van der Waals surface area contributed by atoms with Gasteiger partial charge >= 0.3 is 0 Å². The van der Waals surface area contributed by atoms with Crippen molar-refractivity contribution < 1.29 is 0 Å². The van der Waals surface area contributed by atoms with Crippen LogP contribution in [0.4, 0.5) is 5.00 Å². The van der Waals surface area contributed by atoms with Gasteiger partial charge in [-0.1, -0.05) is 19.1 Å². The van der Waals surface area contributed by atoms with E-state index < -0.39 is 0 Å². The molecule has 0 aliphatic heterocycles. The van der Waals surface area contributed by atoms with Gasteiger partial charge in [-0.2, -0.15) is 4.37 Å². The summed E-state index contributed by atoms with van der Waals surface area (Å²) in [6.45, 7) is 3.40. The Morgan fingerprint density at radius 3 is 2.94 bits per heavy atom. The lowest BCUT2D eigenvalue weighted by atomic mass is 10.0. The summed E-state index contributed by atoms with van der Waals surface area (Å²) < 4.78 is 4.44. The Morgan fingerprint density at radius 1 is 1.38 bits per heavy atom. The van der Waals surface area contributed by atoms with Crippen LogP contribution in [0.1, 0.15) is 26.2 Å². The van der Waals surface area contributed by atoms with Crippen molar-refractivity contribution in [3.63, 3.8) is 0 Å². The van der Waals surface area contributed by atoms with Gasteiger partial charge in [0.15, 0.2) is 0 Å². The third-order valence-electron chi connectivity index (χ3n) is 3.72. The number of aromatic nitrogens is 1. The van der Waals surface area contributed by atoms with E-state index in [0.717, 1.165) is 12.1 Å². The number of nitrogens with zero attached hydrogens (tertiary/aromatic N) is 1. The molecule has 1 aliphatic rings. The average molecular weight is 232 g/mol. The fraction of sp³-hybridized carbons (Fsp3) is 0.462. The zero-order valence-electron chi connectivity index (χ0n) is 9.49. The zero-order chi connectivity index (χ0) is 11.0. The molecular weight excluding hydrogens is 216 g/mol. The summed E-state index contributed by atoms with van der Waals surface area (Å²) in [5.74, 6) is 0. The van der Waals surface area contributed by atoms with Gasteiger partial charge in [0.2, 0.25) is 0 Å². The summed E-state index contributed by atoms with van der Waals surface area (Å²) in [5.41, 5.74) is 1.70. The minimum atomic E-state index is 0.588. The molecule has 0 bridgehead atoms. The summed E-state index contributed by atoms with van der Waals surface area (Å²) in [6, 6.07) is 8.34. The number of hydrogen-bond acceptors (Lipinski definition) is 3. The Kier molecular flexibility index (Phi) is 2.36. The minimum Gasteiger partial charge on any atom is -0.375 e. The highest BCUT2D eigenvalue weighted by Gasteiger charge is 2.40. The van der Waals surface area contributed by atoms with E-state index >= 15 is 0 Å². The van der Waals surface area contributed by atoms with Crippen LogP contribution in [-0.2, 0) is 0 Å². The number of fused-ring (bicyclic) bond motifs is 1. The second kappa shape index (κ2) is 3.74. The lowest BCUT2D eigenvalue weighted by Gasteiger charge is -2.12. The molecule has 3 rings (SSSR count). The standard InChI is InChI=1S/C13H16N2S/c1-2-13(7-8-13)9-14-12-10-5-3-4-6-11(10)15-16-12/h3-6,14H,2,7-9H2,1H3. The summed E-state index contributed by atoms with van der Waals surface area (Å²) in [5, 5.41) is 6.07. The molecule has 0 saturated heterocycles. The van der Waals surface area contributed by atoms with Crippen molar-refractivity contribution in [3.8, 4) is 0 Å². The van der Waals surface area contributed by atoms with Gasteiger partial charge in [0.05, 0.1) is 5.52 Å². The van der Waals surface area contributed by atoms with Crippen LogP contribution < -0.4 is 5.32 Å². The molecule has 84 valence electrons. The predicted octanol–water partition coefficient (Wildman–Crippen LogP) is 3.90. The molecule has 1 heterocycles. The van der Waals surface area contributed by atoms with Crippen LogP contribution in [0.15, 0.2) is 24.3 Å². The van der Waals surface area contributed by atoms with Gasteiger partial charge in [-0.3, -0.25) is 0 Å². The summed E-state index contributed by atoms with van der Waals surface area (Å²) >= 11 is 1.58. The number of benzene rings is 1. The minimum absolute atomic E-state index is 0.588. The maximum absolute atomic E-state index is 4.44. The summed E-state index contributed by atoms with van der Waals surface area (Å²) in [4.78, 5) is 0. The fourth-order valence-electron chi connectivity index (χ4n) is 2.12. The van der Waals surface area contributed by atoms with Crippen LogP contribution in [-0.4, -0.2) is 10.9 Å². The largest absolute Gasteiger partial charge is 0.375 e. The van der Waals surface area contributed by atoms with E-state index in [1.54, 1.807) is 11.5 Å². The van der Waals surface area contributed by atoms with Gasteiger partial charge in [-0.15, -0.1) is 0 Å². The topological polar surface area (TPSA) is 24.9 Å². The normalized spacial score (nSPS) is 17.6. The first-order valence-corrected chi connectivity index (χ1v) is 6.69. The molecule has 0 atom stereocenters. The highest BCUT2D eigenvalue weighted by Crippen LogP contribution is 2.48. The first-order valence-electron chi connectivity index (χ1n) is 5.91. The number of hydrogen-bond donors (Lipinski definition) is 1. The summed E-state index contributed by atoms with van der Waals surface area (Å²) in [7, 11) is 0. The van der Waals surface area contributed by atoms with Crippen molar-refractivity contribution in [2.75, 3.05) is 11.9 Å². The van der Waals surface area contributed by atoms with E-state index in [0.29, 0.717) is 5.41 Å². The van der Waals surface area contributed by atoms with E-state index in [-0.39, 0.29) is 0 Å². The molecule has 1 aromatic carbocycles. The highest BCUT2D eigenvalue weighted by molar-refractivity contribution is 7.11. The van der Waals surface area contributed by atoms with Crippen molar-refractivity contribution in [1.29, 1.82) is 0 Å². The molecule has 1 saturated carbocycles. The Balaban J connectivity index is 1.79. The zero-order valence-corrected chi connectivity index (χ0v) is 10.3. The van der Waals surface area contributed by atoms with Crippen LogP contribution >= 0.6 is 11.5 Å². The molecule has 2 aromatic rings. The van der Waals surface area contributed by atoms with E-state index in [1.165, 1.54) is 29.6 Å². The van der Waals surface area contributed by atoms with E-state index in [9.17, 15) is 0 Å². The van der Waals surface area contributed by atoms with Gasteiger partial charge in [0, 0.05) is 11.9 Å². The predicted molar refractivity (Wildman–Crippen MR) is 70.1 cm³/mol. The van der Waals surface area contributed by atoms with Gasteiger partial charge in [0.1, 0.15) is 5.00 Å². The maximum Gasteiger partial charge on any atom is 0.117 e.